The lowest BCUT2D eigenvalue weighted by atomic mass is 10.3. The maximum atomic E-state index is 13.8. The standard InChI is InChI=1S/C13H7Cl2F2N3O2S/c14-7-3-8(16)9(19-12(7)17)5-23(21,22)10-4-18-13-6(10)1-2-11(15)20-13/h1-4H,5H2,(H,18,20). The Labute approximate surface area is 139 Å². The molecule has 23 heavy (non-hydrogen) atoms. The molecular weight excluding hydrogens is 371 g/mol. The number of hydrogen-bond acceptors (Lipinski definition) is 4. The highest BCUT2D eigenvalue weighted by Gasteiger charge is 2.24. The fraction of sp³-hybridized carbons (Fsp3) is 0.0769. The lowest BCUT2D eigenvalue weighted by Gasteiger charge is -2.05. The van der Waals surface area contributed by atoms with Crippen molar-refractivity contribution < 1.29 is 17.2 Å². The summed E-state index contributed by atoms with van der Waals surface area (Å²) in [5, 5.41) is -0.0328. The molecular formula is C13H7Cl2F2N3O2S. The fourth-order valence-electron chi connectivity index (χ4n) is 2.05. The van der Waals surface area contributed by atoms with E-state index in [0.29, 0.717) is 11.5 Å². The van der Waals surface area contributed by atoms with Gasteiger partial charge in [-0.2, -0.15) is 4.39 Å². The first-order valence-electron chi connectivity index (χ1n) is 6.15. The topological polar surface area (TPSA) is 75.7 Å². The molecule has 5 nitrogen and oxygen atoms in total. The van der Waals surface area contributed by atoms with Gasteiger partial charge >= 0.3 is 0 Å². The summed E-state index contributed by atoms with van der Waals surface area (Å²) in [5.74, 6) is -2.95. The molecule has 3 rings (SSSR count). The van der Waals surface area contributed by atoms with Crippen LogP contribution in [-0.4, -0.2) is 23.4 Å². The van der Waals surface area contributed by atoms with Crippen molar-refractivity contribution in [3.8, 4) is 0 Å². The molecule has 0 unspecified atom stereocenters. The molecule has 3 aromatic rings. The van der Waals surface area contributed by atoms with E-state index in [1.807, 2.05) is 0 Å². The average molecular weight is 378 g/mol. The van der Waals surface area contributed by atoms with Crippen molar-refractivity contribution in [3.05, 3.63) is 52.0 Å². The third-order valence-electron chi connectivity index (χ3n) is 3.09. The minimum absolute atomic E-state index is 0.103. The maximum absolute atomic E-state index is 13.8. The van der Waals surface area contributed by atoms with Crippen molar-refractivity contribution in [1.82, 2.24) is 15.0 Å². The van der Waals surface area contributed by atoms with Gasteiger partial charge in [0.15, 0.2) is 9.84 Å². The molecule has 10 heteroatoms. The quantitative estimate of drug-likeness (QED) is 0.708. The summed E-state index contributed by atoms with van der Waals surface area (Å²) < 4.78 is 52.0. The Morgan fingerprint density at radius 2 is 1.91 bits per heavy atom. The zero-order chi connectivity index (χ0) is 16.8. The van der Waals surface area contributed by atoms with Gasteiger partial charge in [0.2, 0.25) is 5.95 Å². The van der Waals surface area contributed by atoms with Gasteiger partial charge in [0, 0.05) is 11.6 Å². The first-order valence-corrected chi connectivity index (χ1v) is 8.55. The van der Waals surface area contributed by atoms with Gasteiger partial charge < -0.3 is 4.98 Å². The van der Waals surface area contributed by atoms with Crippen molar-refractivity contribution in [2.24, 2.45) is 0 Å². The van der Waals surface area contributed by atoms with Crippen molar-refractivity contribution in [2.45, 2.75) is 10.6 Å². The van der Waals surface area contributed by atoms with Crippen LogP contribution in [0.1, 0.15) is 5.69 Å². The highest BCUT2D eigenvalue weighted by atomic mass is 35.5. The fourth-order valence-corrected chi connectivity index (χ4v) is 3.79. The summed E-state index contributed by atoms with van der Waals surface area (Å²) in [5.41, 5.74) is -0.282. The number of rotatable bonds is 3. The molecule has 3 aromatic heterocycles. The normalized spacial score (nSPS) is 12.0. The van der Waals surface area contributed by atoms with Gasteiger partial charge in [0.05, 0.1) is 15.6 Å². The Kier molecular flexibility index (Phi) is 3.99. The van der Waals surface area contributed by atoms with Crippen LogP contribution < -0.4 is 0 Å². The lowest BCUT2D eigenvalue weighted by molar-refractivity contribution is 0.545. The molecule has 0 saturated heterocycles. The molecule has 0 atom stereocenters. The molecule has 0 bridgehead atoms. The Balaban J connectivity index is 2.06. The molecule has 0 amide bonds. The lowest BCUT2D eigenvalue weighted by Crippen LogP contribution is -2.09. The van der Waals surface area contributed by atoms with E-state index in [9.17, 15) is 17.2 Å². The highest BCUT2D eigenvalue weighted by Crippen LogP contribution is 2.27. The van der Waals surface area contributed by atoms with E-state index >= 15 is 0 Å². The van der Waals surface area contributed by atoms with E-state index in [1.165, 1.54) is 18.3 Å². The second-order valence-corrected chi connectivity index (χ2v) is 7.38. The van der Waals surface area contributed by atoms with Crippen LogP contribution in [0, 0.1) is 11.8 Å². The number of hydrogen-bond donors (Lipinski definition) is 1. The Morgan fingerprint density at radius 1 is 1.17 bits per heavy atom. The van der Waals surface area contributed by atoms with Crippen LogP contribution >= 0.6 is 23.2 Å². The van der Waals surface area contributed by atoms with E-state index in [-0.39, 0.29) is 15.7 Å². The average Bonchev–Trinajstić information content (AvgIpc) is 2.88. The summed E-state index contributed by atoms with van der Waals surface area (Å²) in [6.07, 6.45) is 1.22. The number of aromatic amines is 1. The maximum Gasteiger partial charge on any atom is 0.232 e. The molecule has 1 N–H and O–H groups in total. The summed E-state index contributed by atoms with van der Waals surface area (Å²) >= 11 is 11.1. The smallest absolute Gasteiger partial charge is 0.232 e. The first kappa shape index (κ1) is 16.1. The van der Waals surface area contributed by atoms with E-state index < -0.39 is 38.1 Å². The van der Waals surface area contributed by atoms with Crippen LogP contribution in [0.15, 0.2) is 29.3 Å². The highest BCUT2D eigenvalue weighted by molar-refractivity contribution is 7.90. The van der Waals surface area contributed by atoms with E-state index in [0.717, 1.165) is 0 Å². The summed E-state index contributed by atoms with van der Waals surface area (Å²) in [6, 6.07) is 3.59. The van der Waals surface area contributed by atoms with E-state index in [2.05, 4.69) is 15.0 Å². The predicted molar refractivity (Wildman–Crippen MR) is 81.2 cm³/mol. The monoisotopic (exact) mass is 377 g/mol. The van der Waals surface area contributed by atoms with Gasteiger partial charge in [-0.05, 0) is 18.2 Å². The molecule has 0 aliphatic rings. The van der Waals surface area contributed by atoms with Crippen molar-refractivity contribution in [3.63, 3.8) is 0 Å². The van der Waals surface area contributed by atoms with Crippen LogP contribution in [0.2, 0.25) is 10.2 Å². The predicted octanol–water partition coefficient (Wildman–Crippen LogP) is 3.52. The Morgan fingerprint density at radius 3 is 2.65 bits per heavy atom. The van der Waals surface area contributed by atoms with Crippen molar-refractivity contribution in [2.75, 3.05) is 0 Å². The molecule has 0 spiro atoms. The molecule has 120 valence electrons. The molecule has 0 aliphatic heterocycles. The summed E-state index contributed by atoms with van der Waals surface area (Å²) in [6.45, 7) is 0. The molecule has 0 aromatic carbocycles. The largest absolute Gasteiger partial charge is 0.345 e. The zero-order valence-corrected chi connectivity index (χ0v) is 13.5. The number of H-pyrrole nitrogens is 1. The van der Waals surface area contributed by atoms with Gasteiger partial charge in [-0.25, -0.2) is 22.8 Å². The van der Waals surface area contributed by atoms with Gasteiger partial charge in [-0.15, -0.1) is 0 Å². The van der Waals surface area contributed by atoms with Gasteiger partial charge in [-0.1, -0.05) is 23.2 Å². The van der Waals surface area contributed by atoms with Gasteiger partial charge in [-0.3, -0.25) is 0 Å². The number of aromatic nitrogens is 3. The molecule has 0 radical (unpaired) electrons. The minimum Gasteiger partial charge on any atom is -0.345 e. The third kappa shape index (κ3) is 3.01. The SMILES string of the molecule is O=S(=O)(Cc1nc(F)c(Cl)cc1F)c1c[nH]c2nc(Cl)ccc12. The molecule has 0 fully saturated rings. The zero-order valence-electron chi connectivity index (χ0n) is 11.1. The minimum atomic E-state index is -3.99. The van der Waals surface area contributed by atoms with Crippen molar-refractivity contribution in [1.29, 1.82) is 0 Å². The second-order valence-electron chi connectivity index (χ2n) is 4.63. The van der Waals surface area contributed by atoms with Gasteiger partial charge in [0.25, 0.3) is 0 Å². The number of sulfone groups is 1. The Bertz CT molecular complexity index is 1020. The van der Waals surface area contributed by atoms with E-state index in [4.69, 9.17) is 23.2 Å². The van der Waals surface area contributed by atoms with Crippen molar-refractivity contribution >= 4 is 44.1 Å². The molecule has 0 aliphatic carbocycles. The van der Waals surface area contributed by atoms with Crippen LogP contribution in [0.3, 0.4) is 0 Å². The molecule has 0 saturated carbocycles. The number of halogens is 4. The van der Waals surface area contributed by atoms with Crippen LogP contribution in [0.25, 0.3) is 11.0 Å². The molecule has 3 heterocycles. The van der Waals surface area contributed by atoms with E-state index in [1.54, 1.807) is 0 Å². The number of nitrogens with one attached hydrogen (secondary N) is 1. The van der Waals surface area contributed by atoms with Crippen LogP contribution in [0.4, 0.5) is 8.78 Å². The number of pyridine rings is 2. The number of fused-ring (bicyclic) bond motifs is 1. The second kappa shape index (κ2) is 5.70. The van der Waals surface area contributed by atoms with Gasteiger partial charge in [0.1, 0.15) is 22.4 Å². The first-order chi connectivity index (χ1) is 10.8. The summed E-state index contributed by atoms with van der Waals surface area (Å²) in [7, 11) is -3.99. The van der Waals surface area contributed by atoms with Crippen LogP contribution in [0.5, 0.6) is 0 Å². The summed E-state index contributed by atoms with van der Waals surface area (Å²) in [4.78, 5) is 9.77. The Hall–Kier alpha value is -1.77. The third-order valence-corrected chi connectivity index (χ3v) is 5.22. The number of nitrogens with zero attached hydrogens (tertiary/aromatic N) is 2. The van der Waals surface area contributed by atoms with Crippen LogP contribution in [-0.2, 0) is 15.6 Å².